The molecule has 0 N–H and O–H groups in total. The summed E-state index contributed by atoms with van der Waals surface area (Å²) in [6.45, 7) is 3.13. The van der Waals surface area contributed by atoms with Crippen LogP contribution >= 0.6 is 0 Å². The maximum Gasteiger partial charge on any atom is 0.416 e. The van der Waals surface area contributed by atoms with E-state index in [9.17, 15) is 17.6 Å². The van der Waals surface area contributed by atoms with Gasteiger partial charge in [0.15, 0.2) is 5.82 Å². The minimum atomic E-state index is -4.39. The minimum Gasteiger partial charge on any atom is -0.367 e. The van der Waals surface area contributed by atoms with Gasteiger partial charge in [-0.15, -0.1) is 5.10 Å². The zero-order chi connectivity index (χ0) is 20.4. The number of benzene rings is 2. The van der Waals surface area contributed by atoms with Gasteiger partial charge in [-0.1, -0.05) is 12.1 Å². The molecule has 1 aromatic heterocycles. The summed E-state index contributed by atoms with van der Waals surface area (Å²) in [5.41, 5.74) is 0.324. The lowest BCUT2D eigenvalue weighted by atomic mass is 10.2. The summed E-state index contributed by atoms with van der Waals surface area (Å²) < 4.78 is 53.6. The van der Waals surface area contributed by atoms with Crippen LogP contribution in [-0.2, 0) is 12.7 Å². The molecule has 0 spiro atoms. The second-order valence-corrected chi connectivity index (χ2v) is 6.77. The van der Waals surface area contributed by atoms with E-state index in [2.05, 4.69) is 20.4 Å². The molecule has 0 aliphatic carbocycles. The Hall–Kier alpha value is -3.01. The van der Waals surface area contributed by atoms with E-state index in [0.717, 1.165) is 12.1 Å². The molecule has 29 heavy (non-hydrogen) atoms. The third-order valence-corrected chi connectivity index (χ3v) is 4.90. The van der Waals surface area contributed by atoms with Gasteiger partial charge in [-0.05, 0) is 46.8 Å². The third-order valence-electron chi connectivity index (χ3n) is 4.90. The zero-order valence-electron chi connectivity index (χ0n) is 15.3. The molecule has 1 saturated heterocycles. The van der Waals surface area contributed by atoms with Crippen LogP contribution in [0.5, 0.6) is 0 Å². The van der Waals surface area contributed by atoms with Crippen molar-refractivity contribution in [3.63, 3.8) is 0 Å². The van der Waals surface area contributed by atoms with Crippen LogP contribution in [-0.4, -0.2) is 51.3 Å². The first-order valence-corrected chi connectivity index (χ1v) is 9.08. The molecule has 0 saturated carbocycles. The van der Waals surface area contributed by atoms with Gasteiger partial charge in [0.2, 0.25) is 0 Å². The van der Waals surface area contributed by atoms with Crippen LogP contribution in [0.2, 0.25) is 0 Å². The van der Waals surface area contributed by atoms with Gasteiger partial charge < -0.3 is 4.90 Å². The molecule has 6 nitrogen and oxygen atoms in total. The van der Waals surface area contributed by atoms with Crippen molar-refractivity contribution < 1.29 is 17.6 Å². The zero-order valence-corrected chi connectivity index (χ0v) is 15.3. The SMILES string of the molecule is Fc1ccccc1N1CCN(Cc2nnnn2-c2ccc(C(F)(F)F)cc2)CC1. The Morgan fingerprint density at radius 1 is 0.897 bits per heavy atom. The first-order valence-electron chi connectivity index (χ1n) is 9.08. The molecule has 1 aliphatic rings. The maximum absolute atomic E-state index is 14.0. The molecule has 4 rings (SSSR count). The highest BCUT2D eigenvalue weighted by molar-refractivity contribution is 5.48. The number of hydrogen-bond donors (Lipinski definition) is 0. The number of hydrogen-bond acceptors (Lipinski definition) is 5. The monoisotopic (exact) mass is 406 g/mol. The Morgan fingerprint density at radius 2 is 1.59 bits per heavy atom. The summed E-state index contributed by atoms with van der Waals surface area (Å²) in [6.07, 6.45) is -4.39. The molecule has 0 amide bonds. The van der Waals surface area contributed by atoms with E-state index in [-0.39, 0.29) is 5.82 Å². The molecule has 0 bridgehead atoms. The fraction of sp³-hybridized carbons (Fsp3) is 0.316. The quantitative estimate of drug-likeness (QED) is 0.623. The number of piperazine rings is 1. The number of tetrazole rings is 1. The third kappa shape index (κ3) is 4.21. The molecule has 1 fully saturated rings. The van der Waals surface area contributed by atoms with Gasteiger partial charge in [0.25, 0.3) is 0 Å². The van der Waals surface area contributed by atoms with Crippen molar-refractivity contribution in [1.29, 1.82) is 0 Å². The number of anilines is 1. The molecule has 0 unspecified atom stereocenters. The van der Waals surface area contributed by atoms with E-state index in [1.807, 2.05) is 11.0 Å². The van der Waals surface area contributed by atoms with E-state index < -0.39 is 11.7 Å². The molecular formula is C19H18F4N6. The van der Waals surface area contributed by atoms with Crippen molar-refractivity contribution >= 4 is 5.69 Å². The molecule has 3 aromatic rings. The fourth-order valence-corrected chi connectivity index (χ4v) is 3.35. The fourth-order valence-electron chi connectivity index (χ4n) is 3.35. The van der Waals surface area contributed by atoms with Crippen molar-refractivity contribution in [2.24, 2.45) is 0 Å². The summed E-state index contributed by atoms with van der Waals surface area (Å²) in [7, 11) is 0. The standard InChI is InChI=1S/C19H18F4N6/c20-16-3-1-2-4-17(16)28-11-9-27(10-12-28)13-18-24-25-26-29(18)15-7-5-14(6-8-15)19(21,22)23/h1-8H,9-13H2. The van der Waals surface area contributed by atoms with Crippen LogP contribution in [0.25, 0.3) is 5.69 Å². The van der Waals surface area contributed by atoms with Crippen LogP contribution in [0.4, 0.5) is 23.2 Å². The summed E-state index contributed by atoms with van der Waals surface area (Å²) in [5.74, 6) is 0.288. The summed E-state index contributed by atoms with van der Waals surface area (Å²) >= 11 is 0. The molecule has 2 aromatic carbocycles. The van der Waals surface area contributed by atoms with Crippen molar-refractivity contribution in [3.05, 3.63) is 65.7 Å². The van der Waals surface area contributed by atoms with Gasteiger partial charge in [-0.3, -0.25) is 4.90 Å². The Morgan fingerprint density at radius 3 is 2.24 bits per heavy atom. The Kier molecular flexibility index (Phi) is 5.18. The Labute approximate surface area is 164 Å². The Balaban J connectivity index is 1.42. The average molecular weight is 406 g/mol. The van der Waals surface area contributed by atoms with Gasteiger partial charge in [-0.2, -0.15) is 17.9 Å². The molecule has 1 aliphatic heterocycles. The number of aromatic nitrogens is 4. The van der Waals surface area contributed by atoms with E-state index in [0.29, 0.717) is 49.9 Å². The predicted octanol–water partition coefficient (Wildman–Crippen LogP) is 3.14. The minimum absolute atomic E-state index is 0.243. The first kappa shape index (κ1) is 19.3. The number of para-hydroxylation sites is 1. The lowest BCUT2D eigenvalue weighted by Gasteiger charge is -2.35. The molecular weight excluding hydrogens is 388 g/mol. The Bertz CT molecular complexity index is 961. The molecule has 0 atom stereocenters. The van der Waals surface area contributed by atoms with E-state index in [1.165, 1.54) is 22.9 Å². The van der Waals surface area contributed by atoms with Gasteiger partial charge in [0.1, 0.15) is 5.82 Å². The molecule has 10 heteroatoms. The highest BCUT2D eigenvalue weighted by Gasteiger charge is 2.30. The number of alkyl halides is 3. The van der Waals surface area contributed by atoms with Crippen LogP contribution in [0.1, 0.15) is 11.4 Å². The van der Waals surface area contributed by atoms with Crippen molar-refractivity contribution in [2.75, 3.05) is 31.1 Å². The van der Waals surface area contributed by atoms with E-state index in [4.69, 9.17) is 0 Å². The number of rotatable bonds is 4. The van der Waals surface area contributed by atoms with E-state index in [1.54, 1.807) is 12.1 Å². The van der Waals surface area contributed by atoms with Gasteiger partial charge in [-0.25, -0.2) is 4.39 Å². The normalized spacial score (nSPS) is 15.7. The second-order valence-electron chi connectivity index (χ2n) is 6.77. The topological polar surface area (TPSA) is 50.1 Å². The number of nitrogens with zero attached hydrogens (tertiary/aromatic N) is 6. The van der Waals surface area contributed by atoms with Crippen LogP contribution in [0.3, 0.4) is 0 Å². The van der Waals surface area contributed by atoms with Gasteiger partial charge in [0.05, 0.1) is 23.5 Å². The lowest BCUT2D eigenvalue weighted by Crippen LogP contribution is -2.46. The number of halogens is 4. The van der Waals surface area contributed by atoms with E-state index >= 15 is 0 Å². The van der Waals surface area contributed by atoms with Crippen LogP contribution < -0.4 is 4.90 Å². The van der Waals surface area contributed by atoms with Crippen molar-refractivity contribution in [1.82, 2.24) is 25.1 Å². The summed E-state index contributed by atoms with van der Waals surface area (Å²) in [4.78, 5) is 4.12. The first-order chi connectivity index (χ1) is 13.9. The lowest BCUT2D eigenvalue weighted by molar-refractivity contribution is -0.137. The predicted molar refractivity (Wildman–Crippen MR) is 98.0 cm³/mol. The molecule has 152 valence electrons. The molecule has 0 radical (unpaired) electrons. The van der Waals surface area contributed by atoms with Gasteiger partial charge >= 0.3 is 6.18 Å². The highest BCUT2D eigenvalue weighted by atomic mass is 19.4. The maximum atomic E-state index is 14.0. The summed E-state index contributed by atoms with van der Waals surface area (Å²) in [5, 5.41) is 11.6. The molecule has 2 heterocycles. The average Bonchev–Trinajstić information content (AvgIpc) is 3.17. The van der Waals surface area contributed by atoms with Crippen LogP contribution in [0, 0.1) is 5.82 Å². The van der Waals surface area contributed by atoms with Crippen LogP contribution in [0.15, 0.2) is 48.5 Å². The smallest absolute Gasteiger partial charge is 0.367 e. The summed E-state index contributed by atoms with van der Waals surface area (Å²) in [6, 6.07) is 11.4. The second kappa shape index (κ2) is 7.78. The van der Waals surface area contributed by atoms with Crippen molar-refractivity contribution in [2.45, 2.75) is 12.7 Å². The largest absolute Gasteiger partial charge is 0.416 e. The highest BCUT2D eigenvalue weighted by Crippen LogP contribution is 2.29. The van der Waals surface area contributed by atoms with Crippen molar-refractivity contribution in [3.8, 4) is 5.69 Å². The van der Waals surface area contributed by atoms with Gasteiger partial charge in [0, 0.05) is 26.2 Å².